The van der Waals surface area contributed by atoms with E-state index in [0.717, 1.165) is 10.2 Å². The summed E-state index contributed by atoms with van der Waals surface area (Å²) in [6.07, 6.45) is 0. The molecule has 2 rings (SSSR count). The fourth-order valence-corrected chi connectivity index (χ4v) is 3.15. The van der Waals surface area contributed by atoms with Gasteiger partial charge in [-0.2, -0.15) is 0 Å². The van der Waals surface area contributed by atoms with Crippen LogP contribution in [-0.4, -0.2) is 16.1 Å². The van der Waals surface area contributed by atoms with Crippen molar-refractivity contribution in [3.05, 3.63) is 57.3 Å². The molecule has 98 valence electrons. The van der Waals surface area contributed by atoms with Crippen molar-refractivity contribution in [2.24, 2.45) is 0 Å². The molecule has 1 aromatic heterocycles. The molecule has 0 aliphatic carbocycles. The zero-order valence-corrected chi connectivity index (χ0v) is 12.8. The Labute approximate surface area is 128 Å². The minimum absolute atomic E-state index is 0.287. The first-order chi connectivity index (χ1) is 9.06. The van der Waals surface area contributed by atoms with Gasteiger partial charge in [0, 0.05) is 15.1 Å². The van der Waals surface area contributed by atoms with Crippen molar-refractivity contribution in [3.8, 4) is 0 Å². The van der Waals surface area contributed by atoms with Crippen LogP contribution in [0.5, 0.6) is 0 Å². The largest absolute Gasteiger partial charge is 0.478 e. The van der Waals surface area contributed by atoms with Gasteiger partial charge in [0.15, 0.2) is 0 Å². The van der Waals surface area contributed by atoms with E-state index in [1.54, 1.807) is 24.3 Å². The number of nitrogens with zero attached hydrogens (tertiary/aromatic N) is 1. The quantitative estimate of drug-likeness (QED) is 0.646. The van der Waals surface area contributed by atoms with Crippen LogP contribution in [0.25, 0.3) is 0 Å². The van der Waals surface area contributed by atoms with Crippen LogP contribution in [0.1, 0.15) is 16.1 Å². The van der Waals surface area contributed by atoms with Crippen molar-refractivity contribution in [1.82, 2.24) is 4.98 Å². The van der Waals surface area contributed by atoms with Gasteiger partial charge in [-0.15, -0.1) is 11.8 Å². The van der Waals surface area contributed by atoms with Gasteiger partial charge in [0.25, 0.3) is 0 Å². The molecule has 6 heteroatoms. The van der Waals surface area contributed by atoms with E-state index in [1.165, 1.54) is 11.8 Å². The molecule has 0 saturated carbocycles. The van der Waals surface area contributed by atoms with Gasteiger partial charge < -0.3 is 5.11 Å². The molecule has 3 nitrogen and oxygen atoms in total. The summed E-state index contributed by atoms with van der Waals surface area (Å²) < 4.78 is 0.846. The molecule has 0 unspecified atom stereocenters. The summed E-state index contributed by atoms with van der Waals surface area (Å²) >= 11 is 10.6. The minimum Gasteiger partial charge on any atom is -0.478 e. The maximum atomic E-state index is 11.1. The van der Waals surface area contributed by atoms with Gasteiger partial charge in [0.05, 0.1) is 11.3 Å². The molecular weight excluding hydrogens is 350 g/mol. The van der Waals surface area contributed by atoms with Crippen LogP contribution in [-0.2, 0) is 5.75 Å². The lowest BCUT2D eigenvalue weighted by Crippen LogP contribution is -1.99. The van der Waals surface area contributed by atoms with Crippen LogP contribution in [0.3, 0.4) is 0 Å². The Bertz CT molecular complexity index is 621. The van der Waals surface area contributed by atoms with Gasteiger partial charge in [0.1, 0.15) is 5.15 Å². The second kappa shape index (κ2) is 6.41. The Morgan fingerprint density at radius 2 is 2.16 bits per heavy atom. The summed E-state index contributed by atoms with van der Waals surface area (Å²) in [6.45, 7) is 0. The fraction of sp³-hybridized carbons (Fsp3) is 0.0769. The topological polar surface area (TPSA) is 50.2 Å². The lowest BCUT2D eigenvalue weighted by Gasteiger charge is -2.06. The summed E-state index contributed by atoms with van der Waals surface area (Å²) in [5.74, 6) is -0.369. The highest BCUT2D eigenvalue weighted by atomic mass is 79.9. The van der Waals surface area contributed by atoms with Gasteiger partial charge >= 0.3 is 5.97 Å². The number of aromatic carboxylic acids is 1. The highest BCUT2D eigenvalue weighted by Crippen LogP contribution is 2.29. The maximum Gasteiger partial charge on any atom is 0.336 e. The lowest BCUT2D eigenvalue weighted by molar-refractivity contribution is 0.0693. The molecule has 2 aromatic rings. The second-order valence-electron chi connectivity index (χ2n) is 3.69. The van der Waals surface area contributed by atoms with Crippen molar-refractivity contribution in [1.29, 1.82) is 0 Å². The van der Waals surface area contributed by atoms with E-state index in [2.05, 4.69) is 20.9 Å². The van der Waals surface area contributed by atoms with E-state index in [-0.39, 0.29) is 5.56 Å². The number of rotatable bonds is 4. The SMILES string of the molecule is O=C(O)c1ccc(Br)cc1SCc1cccc(Cl)n1. The number of hydrogen-bond donors (Lipinski definition) is 1. The predicted molar refractivity (Wildman–Crippen MR) is 79.9 cm³/mol. The molecule has 1 N–H and O–H groups in total. The van der Waals surface area contributed by atoms with Crippen LogP contribution in [0, 0.1) is 0 Å². The summed E-state index contributed by atoms with van der Waals surface area (Å²) in [5, 5.41) is 9.57. The number of hydrogen-bond acceptors (Lipinski definition) is 3. The molecule has 0 atom stereocenters. The van der Waals surface area contributed by atoms with Crippen LogP contribution in [0.15, 0.2) is 45.8 Å². The lowest BCUT2D eigenvalue weighted by atomic mass is 10.2. The number of pyridine rings is 1. The van der Waals surface area contributed by atoms with Gasteiger partial charge in [-0.05, 0) is 30.3 Å². The van der Waals surface area contributed by atoms with Crippen LogP contribution >= 0.6 is 39.3 Å². The molecule has 0 spiro atoms. The standard InChI is InChI=1S/C13H9BrClNO2S/c14-8-4-5-10(13(17)18)11(6-8)19-7-9-2-1-3-12(15)16-9/h1-6H,7H2,(H,17,18). The van der Waals surface area contributed by atoms with Gasteiger partial charge in [-0.25, -0.2) is 9.78 Å². The summed E-state index contributed by atoms with van der Waals surface area (Å²) in [6, 6.07) is 10.5. The van der Waals surface area contributed by atoms with Crippen LogP contribution in [0.2, 0.25) is 5.15 Å². The number of carboxylic acid groups (broad SMARTS) is 1. The first-order valence-corrected chi connectivity index (χ1v) is 7.49. The third-order valence-electron chi connectivity index (χ3n) is 2.32. The molecule has 0 aliphatic rings. The first-order valence-electron chi connectivity index (χ1n) is 5.33. The number of benzene rings is 1. The monoisotopic (exact) mass is 357 g/mol. The van der Waals surface area contributed by atoms with E-state index in [4.69, 9.17) is 16.7 Å². The number of carbonyl (C=O) groups is 1. The normalized spacial score (nSPS) is 10.4. The van der Waals surface area contributed by atoms with E-state index in [9.17, 15) is 4.79 Å². The van der Waals surface area contributed by atoms with E-state index < -0.39 is 5.97 Å². The van der Waals surface area contributed by atoms with Crippen LogP contribution in [0.4, 0.5) is 0 Å². The molecule has 0 aliphatic heterocycles. The summed E-state index contributed by atoms with van der Waals surface area (Å²) in [5.41, 5.74) is 1.10. The van der Waals surface area contributed by atoms with Gasteiger partial charge in [-0.1, -0.05) is 33.6 Å². The molecule has 0 bridgehead atoms. The first kappa shape index (κ1) is 14.4. The predicted octanol–water partition coefficient (Wildman–Crippen LogP) is 4.49. The molecule has 1 heterocycles. The smallest absolute Gasteiger partial charge is 0.336 e. The Morgan fingerprint density at radius 3 is 2.84 bits per heavy atom. The van der Waals surface area contributed by atoms with Crippen LogP contribution < -0.4 is 0 Å². The summed E-state index contributed by atoms with van der Waals surface area (Å²) in [4.78, 5) is 16.0. The van der Waals surface area contributed by atoms with E-state index in [0.29, 0.717) is 15.8 Å². The number of aromatic nitrogens is 1. The molecule has 0 fully saturated rings. The van der Waals surface area contributed by atoms with Gasteiger partial charge in [0.2, 0.25) is 0 Å². The number of halogens is 2. The van der Waals surface area contributed by atoms with Crippen molar-refractivity contribution in [2.45, 2.75) is 10.6 Å². The molecule has 1 aromatic carbocycles. The Hall–Kier alpha value is -1.04. The highest BCUT2D eigenvalue weighted by Gasteiger charge is 2.11. The number of thioether (sulfide) groups is 1. The third kappa shape index (κ3) is 3.96. The zero-order valence-electron chi connectivity index (χ0n) is 9.64. The van der Waals surface area contributed by atoms with Gasteiger partial charge in [-0.3, -0.25) is 0 Å². The summed E-state index contributed by atoms with van der Waals surface area (Å²) in [7, 11) is 0. The Balaban J connectivity index is 2.19. The average molecular weight is 359 g/mol. The second-order valence-corrected chi connectivity index (χ2v) is 6.01. The number of carboxylic acids is 1. The van der Waals surface area contributed by atoms with E-state index >= 15 is 0 Å². The minimum atomic E-state index is -0.936. The molecule has 19 heavy (non-hydrogen) atoms. The van der Waals surface area contributed by atoms with E-state index in [1.807, 2.05) is 12.1 Å². The van der Waals surface area contributed by atoms with Crippen molar-refractivity contribution in [2.75, 3.05) is 0 Å². The maximum absolute atomic E-state index is 11.1. The molecular formula is C13H9BrClNO2S. The van der Waals surface area contributed by atoms with Crippen molar-refractivity contribution >= 4 is 45.3 Å². The molecule has 0 amide bonds. The average Bonchev–Trinajstić information content (AvgIpc) is 2.36. The fourth-order valence-electron chi connectivity index (χ4n) is 1.47. The Morgan fingerprint density at radius 1 is 1.37 bits per heavy atom. The Kier molecular flexibility index (Phi) is 4.85. The molecule has 0 radical (unpaired) electrons. The zero-order chi connectivity index (χ0) is 13.8. The van der Waals surface area contributed by atoms with Crippen molar-refractivity contribution < 1.29 is 9.90 Å². The highest BCUT2D eigenvalue weighted by molar-refractivity contribution is 9.10. The van der Waals surface area contributed by atoms with Crippen molar-refractivity contribution in [3.63, 3.8) is 0 Å². The molecule has 0 saturated heterocycles. The third-order valence-corrected chi connectivity index (χ3v) is 4.12.